The average molecular weight is 311 g/mol. The van der Waals surface area contributed by atoms with E-state index in [-0.39, 0.29) is 17.0 Å². The summed E-state index contributed by atoms with van der Waals surface area (Å²) in [6, 6.07) is 0. The zero-order valence-corrected chi connectivity index (χ0v) is 14.6. The molecule has 0 aromatic carbocycles. The van der Waals surface area contributed by atoms with E-state index in [1.807, 2.05) is 6.92 Å². The quantitative estimate of drug-likeness (QED) is 0.628. The molecule has 2 aliphatic heterocycles. The van der Waals surface area contributed by atoms with Crippen LogP contribution in [0.3, 0.4) is 0 Å². The molecule has 2 unspecified atom stereocenters. The van der Waals surface area contributed by atoms with Crippen molar-refractivity contribution in [2.45, 2.75) is 77.5 Å². The maximum absolute atomic E-state index is 11.8. The Balaban J connectivity index is 2.18. The fourth-order valence-corrected chi connectivity index (χ4v) is 3.67. The number of hydrogen-bond acceptors (Lipinski definition) is 5. The number of carbonyl (C=O) groups is 1. The van der Waals surface area contributed by atoms with Crippen LogP contribution in [0.5, 0.6) is 0 Å². The molecule has 5 nitrogen and oxygen atoms in total. The molecule has 2 heterocycles. The minimum Gasteiger partial charge on any atom is -0.432 e. The lowest BCUT2D eigenvalue weighted by Gasteiger charge is -2.54. The molecule has 0 aliphatic carbocycles. The molecule has 0 aromatic heterocycles. The molecule has 1 spiro atoms. The third kappa shape index (κ3) is 3.89. The highest BCUT2D eigenvalue weighted by Gasteiger charge is 2.53. The molecule has 1 N–H and O–H groups in total. The molecule has 2 rings (SSSR count). The van der Waals surface area contributed by atoms with Crippen LogP contribution in [0.4, 0.5) is 0 Å². The first-order chi connectivity index (χ1) is 9.94. The summed E-state index contributed by atoms with van der Waals surface area (Å²) in [7, 11) is 0. The summed E-state index contributed by atoms with van der Waals surface area (Å²) in [5, 5.41) is 3.61. The Morgan fingerprint density at radius 3 is 2.27 bits per heavy atom. The van der Waals surface area contributed by atoms with Gasteiger partial charge < -0.3 is 19.5 Å². The maximum Gasteiger partial charge on any atom is 0.335 e. The van der Waals surface area contributed by atoms with E-state index < -0.39 is 18.0 Å². The van der Waals surface area contributed by atoms with Gasteiger partial charge in [-0.25, -0.2) is 4.79 Å². The molecule has 5 heteroatoms. The van der Waals surface area contributed by atoms with Gasteiger partial charge in [0.15, 0.2) is 5.79 Å². The molecule has 0 radical (unpaired) electrons. The van der Waals surface area contributed by atoms with Crippen LogP contribution < -0.4 is 5.32 Å². The van der Waals surface area contributed by atoms with E-state index in [2.05, 4.69) is 39.6 Å². The Morgan fingerprint density at radius 1 is 1.23 bits per heavy atom. The number of nitrogens with one attached hydrogen (secondary N) is 1. The Labute approximate surface area is 133 Å². The van der Waals surface area contributed by atoms with E-state index in [1.165, 1.54) is 0 Å². The summed E-state index contributed by atoms with van der Waals surface area (Å²) < 4.78 is 17.7. The van der Waals surface area contributed by atoms with Crippen LogP contribution in [-0.4, -0.2) is 35.7 Å². The van der Waals surface area contributed by atoms with Gasteiger partial charge in [-0.1, -0.05) is 13.5 Å². The number of ether oxygens (including phenoxy) is 3. The largest absolute Gasteiger partial charge is 0.432 e. The van der Waals surface area contributed by atoms with Gasteiger partial charge in [-0.2, -0.15) is 0 Å². The van der Waals surface area contributed by atoms with Crippen LogP contribution in [0.25, 0.3) is 0 Å². The molecular weight excluding hydrogens is 282 g/mol. The van der Waals surface area contributed by atoms with E-state index in [9.17, 15) is 4.79 Å². The first kappa shape index (κ1) is 17.4. The van der Waals surface area contributed by atoms with E-state index in [4.69, 9.17) is 14.2 Å². The van der Waals surface area contributed by atoms with Crippen molar-refractivity contribution in [2.24, 2.45) is 5.92 Å². The van der Waals surface area contributed by atoms with Gasteiger partial charge in [0.1, 0.15) is 0 Å². The predicted octanol–water partition coefficient (Wildman–Crippen LogP) is 2.75. The molecule has 2 saturated heterocycles. The van der Waals surface area contributed by atoms with Gasteiger partial charge in [-0.3, -0.25) is 0 Å². The Morgan fingerprint density at radius 2 is 1.77 bits per heavy atom. The van der Waals surface area contributed by atoms with E-state index in [1.54, 1.807) is 6.92 Å². The van der Waals surface area contributed by atoms with Crippen LogP contribution in [0, 0.1) is 5.92 Å². The highest BCUT2D eigenvalue weighted by molar-refractivity contribution is 5.87. The van der Waals surface area contributed by atoms with Crippen LogP contribution >= 0.6 is 0 Å². The normalized spacial score (nSPS) is 32.5. The topological polar surface area (TPSA) is 56.8 Å². The Bertz CT molecular complexity index is 453. The summed E-state index contributed by atoms with van der Waals surface area (Å²) in [6.07, 6.45) is 0.816. The molecule has 0 amide bonds. The van der Waals surface area contributed by atoms with Crippen molar-refractivity contribution in [2.75, 3.05) is 6.61 Å². The highest BCUT2D eigenvalue weighted by atomic mass is 16.8. The number of rotatable bonds is 2. The van der Waals surface area contributed by atoms with Gasteiger partial charge >= 0.3 is 5.97 Å². The van der Waals surface area contributed by atoms with E-state index in [0.29, 0.717) is 25.0 Å². The summed E-state index contributed by atoms with van der Waals surface area (Å²) >= 11 is 0. The monoisotopic (exact) mass is 311 g/mol. The second-order valence-electron chi connectivity index (χ2n) is 8.12. The van der Waals surface area contributed by atoms with Crippen molar-refractivity contribution < 1.29 is 19.0 Å². The molecule has 2 atom stereocenters. The van der Waals surface area contributed by atoms with Gasteiger partial charge in [-0.05, 0) is 34.6 Å². The first-order valence-corrected chi connectivity index (χ1v) is 7.91. The maximum atomic E-state index is 11.8. The Kier molecular flexibility index (Phi) is 4.46. The minimum absolute atomic E-state index is 0.00460. The van der Waals surface area contributed by atoms with Gasteiger partial charge in [-0.15, -0.1) is 0 Å². The number of esters is 1. The molecule has 22 heavy (non-hydrogen) atoms. The van der Waals surface area contributed by atoms with Crippen molar-refractivity contribution in [3.05, 3.63) is 12.2 Å². The van der Waals surface area contributed by atoms with Gasteiger partial charge in [0, 0.05) is 35.4 Å². The lowest BCUT2D eigenvalue weighted by atomic mass is 9.78. The number of carbonyl (C=O) groups excluding carboxylic acids is 1. The van der Waals surface area contributed by atoms with E-state index >= 15 is 0 Å². The lowest BCUT2D eigenvalue weighted by Crippen LogP contribution is -2.67. The fraction of sp³-hybridized carbons (Fsp3) is 0.824. The molecule has 2 aliphatic rings. The summed E-state index contributed by atoms with van der Waals surface area (Å²) in [6.45, 7) is 16.3. The standard InChI is InChI=1S/C17H29NO4/c1-11(2)13(19)21-14-12(3)8-20-17(22-14)9-15(4,5)18-16(6,7)10-17/h12,14,18H,1,8-10H2,2-7H3. The Hall–Kier alpha value is -0.910. The third-order valence-electron chi connectivity index (χ3n) is 4.08. The molecule has 126 valence electrons. The molecule has 0 bridgehead atoms. The third-order valence-corrected chi connectivity index (χ3v) is 4.08. The summed E-state index contributed by atoms with van der Waals surface area (Å²) in [5.74, 6) is -1.14. The predicted molar refractivity (Wildman–Crippen MR) is 84.2 cm³/mol. The van der Waals surface area contributed by atoms with Crippen molar-refractivity contribution in [3.63, 3.8) is 0 Å². The van der Waals surface area contributed by atoms with Crippen LogP contribution in [0.2, 0.25) is 0 Å². The summed E-state index contributed by atoms with van der Waals surface area (Å²) in [5.41, 5.74) is 0.138. The zero-order chi connectivity index (χ0) is 16.8. The van der Waals surface area contributed by atoms with Crippen LogP contribution in [0.15, 0.2) is 12.2 Å². The van der Waals surface area contributed by atoms with Crippen molar-refractivity contribution >= 4 is 5.97 Å². The van der Waals surface area contributed by atoms with Crippen molar-refractivity contribution in [1.82, 2.24) is 5.32 Å². The SMILES string of the molecule is C=C(C)C(=O)OC1OC2(CC(C)(C)NC(C)(C)C2)OCC1C. The molecular formula is C17H29NO4. The zero-order valence-electron chi connectivity index (χ0n) is 14.6. The first-order valence-electron chi connectivity index (χ1n) is 7.91. The van der Waals surface area contributed by atoms with Gasteiger partial charge in [0.2, 0.25) is 6.29 Å². The highest BCUT2D eigenvalue weighted by Crippen LogP contribution is 2.43. The molecule has 2 fully saturated rings. The van der Waals surface area contributed by atoms with Gasteiger partial charge in [0.25, 0.3) is 0 Å². The minimum atomic E-state index is -0.717. The van der Waals surface area contributed by atoms with Crippen molar-refractivity contribution in [3.8, 4) is 0 Å². The lowest BCUT2D eigenvalue weighted by molar-refractivity contribution is -0.372. The summed E-state index contributed by atoms with van der Waals surface area (Å²) in [4.78, 5) is 11.8. The molecule has 0 aromatic rings. The molecule has 0 saturated carbocycles. The smallest absolute Gasteiger partial charge is 0.335 e. The number of hydrogen-bond donors (Lipinski definition) is 1. The second-order valence-corrected chi connectivity index (χ2v) is 8.12. The van der Waals surface area contributed by atoms with Crippen molar-refractivity contribution in [1.29, 1.82) is 0 Å². The van der Waals surface area contributed by atoms with Gasteiger partial charge in [0.05, 0.1) is 6.61 Å². The van der Waals surface area contributed by atoms with Crippen LogP contribution in [-0.2, 0) is 19.0 Å². The number of piperidine rings is 1. The van der Waals surface area contributed by atoms with E-state index in [0.717, 1.165) is 0 Å². The van der Waals surface area contributed by atoms with Crippen LogP contribution in [0.1, 0.15) is 54.4 Å². The second kappa shape index (κ2) is 5.62. The average Bonchev–Trinajstić information content (AvgIpc) is 2.29. The fourth-order valence-electron chi connectivity index (χ4n) is 3.67.